The Labute approximate surface area is 138 Å². The van der Waals surface area contributed by atoms with Crippen LogP contribution >= 0.6 is 27.3 Å². The Hall–Kier alpha value is -1.13. The van der Waals surface area contributed by atoms with Gasteiger partial charge in [-0.3, -0.25) is 0 Å². The molecule has 3 rings (SSSR count). The van der Waals surface area contributed by atoms with Crippen molar-refractivity contribution in [2.24, 2.45) is 5.92 Å². The smallest absolute Gasteiger partial charge is 0.185 e. The summed E-state index contributed by atoms with van der Waals surface area (Å²) in [5.74, 6) is 0.687. The third kappa shape index (κ3) is 3.38. The van der Waals surface area contributed by atoms with Gasteiger partial charge in [0.1, 0.15) is 0 Å². The Bertz CT molecular complexity index is 624. The Morgan fingerprint density at radius 1 is 1.29 bits per heavy atom. The number of benzene rings is 1. The third-order valence-corrected chi connectivity index (χ3v) is 5.52. The van der Waals surface area contributed by atoms with Gasteiger partial charge in [0.2, 0.25) is 0 Å². The highest BCUT2D eigenvalue weighted by molar-refractivity contribution is 9.10. The molecule has 1 aromatic carbocycles. The molecule has 1 saturated heterocycles. The number of rotatable bonds is 3. The number of thiazole rings is 1. The summed E-state index contributed by atoms with van der Waals surface area (Å²) in [7, 11) is 0. The molecular formula is C17H19BrN2S. The SMILES string of the molecule is C=C(C)C1CCN(c2nc(-c3ccc(Br)cc3)cs2)CC1. The summed E-state index contributed by atoms with van der Waals surface area (Å²) >= 11 is 5.22. The van der Waals surface area contributed by atoms with Crippen molar-refractivity contribution in [3.05, 3.63) is 46.3 Å². The first kappa shape index (κ1) is 14.8. The van der Waals surface area contributed by atoms with Crippen molar-refractivity contribution in [2.45, 2.75) is 19.8 Å². The molecular weight excluding hydrogens is 344 g/mol. The Balaban J connectivity index is 1.71. The topological polar surface area (TPSA) is 16.1 Å². The highest BCUT2D eigenvalue weighted by Gasteiger charge is 2.21. The molecule has 2 nitrogen and oxygen atoms in total. The summed E-state index contributed by atoms with van der Waals surface area (Å²) in [6.07, 6.45) is 2.39. The van der Waals surface area contributed by atoms with Crippen molar-refractivity contribution < 1.29 is 0 Å². The molecule has 1 aliphatic rings. The maximum Gasteiger partial charge on any atom is 0.185 e. The molecule has 0 amide bonds. The molecule has 110 valence electrons. The Kier molecular flexibility index (Phi) is 4.45. The molecule has 0 N–H and O–H groups in total. The van der Waals surface area contributed by atoms with Crippen molar-refractivity contribution in [1.29, 1.82) is 0 Å². The lowest BCUT2D eigenvalue weighted by molar-refractivity contribution is 0.459. The number of allylic oxidation sites excluding steroid dienone is 1. The number of aromatic nitrogens is 1. The minimum Gasteiger partial charge on any atom is -0.348 e. The zero-order valence-electron chi connectivity index (χ0n) is 12.2. The van der Waals surface area contributed by atoms with Gasteiger partial charge >= 0.3 is 0 Å². The summed E-state index contributed by atoms with van der Waals surface area (Å²) in [6.45, 7) is 8.42. The van der Waals surface area contributed by atoms with E-state index in [0.717, 1.165) is 28.4 Å². The predicted octanol–water partition coefficient (Wildman–Crippen LogP) is 5.37. The number of piperidine rings is 1. The molecule has 0 aliphatic carbocycles. The van der Waals surface area contributed by atoms with Gasteiger partial charge in [0.05, 0.1) is 5.69 Å². The summed E-state index contributed by atoms with van der Waals surface area (Å²) in [5.41, 5.74) is 3.58. The van der Waals surface area contributed by atoms with E-state index in [1.165, 1.54) is 24.0 Å². The van der Waals surface area contributed by atoms with Crippen LogP contribution in [0.15, 0.2) is 46.3 Å². The maximum atomic E-state index is 4.81. The molecule has 0 unspecified atom stereocenters. The van der Waals surface area contributed by atoms with Gasteiger partial charge < -0.3 is 4.90 Å². The minimum absolute atomic E-state index is 0.687. The lowest BCUT2D eigenvalue weighted by Crippen LogP contribution is -2.33. The maximum absolute atomic E-state index is 4.81. The first-order chi connectivity index (χ1) is 10.1. The van der Waals surface area contributed by atoms with Crippen LogP contribution < -0.4 is 4.90 Å². The van der Waals surface area contributed by atoms with Crippen LogP contribution in [0.5, 0.6) is 0 Å². The average molecular weight is 363 g/mol. The van der Waals surface area contributed by atoms with E-state index in [-0.39, 0.29) is 0 Å². The van der Waals surface area contributed by atoms with Crippen molar-refractivity contribution in [2.75, 3.05) is 18.0 Å². The molecule has 0 radical (unpaired) electrons. The first-order valence-corrected chi connectivity index (χ1v) is 8.92. The largest absolute Gasteiger partial charge is 0.348 e. The molecule has 1 fully saturated rings. The second-order valence-electron chi connectivity index (χ2n) is 5.63. The van der Waals surface area contributed by atoms with E-state index in [1.807, 2.05) is 0 Å². The zero-order chi connectivity index (χ0) is 14.8. The summed E-state index contributed by atoms with van der Waals surface area (Å²) < 4.78 is 1.10. The second kappa shape index (κ2) is 6.32. The molecule has 4 heteroatoms. The molecule has 0 bridgehead atoms. The lowest BCUT2D eigenvalue weighted by atomic mass is 9.91. The molecule has 1 aromatic heterocycles. The van der Waals surface area contributed by atoms with E-state index >= 15 is 0 Å². The molecule has 0 saturated carbocycles. The molecule has 1 aliphatic heterocycles. The third-order valence-electron chi connectivity index (χ3n) is 4.09. The van der Waals surface area contributed by atoms with Gasteiger partial charge in [-0.15, -0.1) is 11.3 Å². The fraction of sp³-hybridized carbons (Fsp3) is 0.353. The molecule has 21 heavy (non-hydrogen) atoms. The van der Waals surface area contributed by atoms with Crippen LogP contribution in [0, 0.1) is 5.92 Å². The van der Waals surface area contributed by atoms with E-state index < -0.39 is 0 Å². The van der Waals surface area contributed by atoms with E-state index in [0.29, 0.717) is 5.92 Å². The van der Waals surface area contributed by atoms with Crippen LogP contribution in [0.3, 0.4) is 0 Å². The van der Waals surface area contributed by atoms with Crippen molar-refractivity contribution in [3.63, 3.8) is 0 Å². The van der Waals surface area contributed by atoms with E-state index in [1.54, 1.807) is 11.3 Å². The number of hydrogen-bond donors (Lipinski definition) is 0. The monoisotopic (exact) mass is 362 g/mol. The number of nitrogens with zero attached hydrogens (tertiary/aromatic N) is 2. The van der Waals surface area contributed by atoms with Gasteiger partial charge in [0, 0.05) is 28.5 Å². The van der Waals surface area contributed by atoms with E-state index in [2.05, 4.69) is 64.0 Å². The zero-order valence-corrected chi connectivity index (χ0v) is 14.6. The van der Waals surface area contributed by atoms with Gasteiger partial charge in [-0.25, -0.2) is 4.98 Å². The van der Waals surface area contributed by atoms with E-state index in [4.69, 9.17) is 4.98 Å². The summed E-state index contributed by atoms with van der Waals surface area (Å²) in [5, 5.41) is 3.30. The highest BCUT2D eigenvalue weighted by Crippen LogP contribution is 2.32. The average Bonchev–Trinajstić information content (AvgIpc) is 2.98. The van der Waals surface area contributed by atoms with Gasteiger partial charge in [-0.05, 0) is 37.8 Å². The van der Waals surface area contributed by atoms with E-state index in [9.17, 15) is 0 Å². The summed E-state index contributed by atoms with van der Waals surface area (Å²) in [4.78, 5) is 7.22. The second-order valence-corrected chi connectivity index (χ2v) is 7.38. The van der Waals surface area contributed by atoms with Crippen LogP contribution in [0.2, 0.25) is 0 Å². The fourth-order valence-corrected chi connectivity index (χ4v) is 3.88. The molecule has 0 spiro atoms. The van der Waals surface area contributed by atoms with Crippen LogP contribution in [0.25, 0.3) is 11.3 Å². The normalized spacial score (nSPS) is 16.2. The minimum atomic E-state index is 0.687. The molecule has 2 aromatic rings. The van der Waals surface area contributed by atoms with Gasteiger partial charge in [0.15, 0.2) is 5.13 Å². The quantitative estimate of drug-likeness (QED) is 0.682. The van der Waals surface area contributed by atoms with Crippen LogP contribution in [0.4, 0.5) is 5.13 Å². The fourth-order valence-electron chi connectivity index (χ4n) is 2.73. The van der Waals surface area contributed by atoms with Gasteiger partial charge in [-0.1, -0.05) is 40.2 Å². The van der Waals surface area contributed by atoms with Crippen LogP contribution in [0.1, 0.15) is 19.8 Å². The Morgan fingerprint density at radius 3 is 2.57 bits per heavy atom. The lowest BCUT2D eigenvalue weighted by Gasteiger charge is -2.31. The Morgan fingerprint density at radius 2 is 1.95 bits per heavy atom. The molecule has 2 heterocycles. The predicted molar refractivity (Wildman–Crippen MR) is 95.0 cm³/mol. The standard InChI is InChI=1S/C17H19BrN2S/c1-12(2)13-7-9-20(10-8-13)17-19-16(11-21-17)14-3-5-15(18)6-4-14/h3-6,11,13H,1,7-10H2,2H3. The van der Waals surface area contributed by atoms with Crippen LogP contribution in [-0.2, 0) is 0 Å². The number of anilines is 1. The molecule has 0 atom stereocenters. The first-order valence-electron chi connectivity index (χ1n) is 7.25. The van der Waals surface area contributed by atoms with Crippen molar-refractivity contribution in [1.82, 2.24) is 4.98 Å². The van der Waals surface area contributed by atoms with Crippen molar-refractivity contribution >= 4 is 32.4 Å². The number of hydrogen-bond acceptors (Lipinski definition) is 3. The highest BCUT2D eigenvalue weighted by atomic mass is 79.9. The van der Waals surface area contributed by atoms with Gasteiger partial charge in [0.25, 0.3) is 0 Å². The summed E-state index contributed by atoms with van der Waals surface area (Å²) in [6, 6.07) is 8.34. The van der Waals surface area contributed by atoms with Crippen molar-refractivity contribution in [3.8, 4) is 11.3 Å². The number of halogens is 1. The van der Waals surface area contributed by atoms with Crippen LogP contribution in [-0.4, -0.2) is 18.1 Å². The van der Waals surface area contributed by atoms with Gasteiger partial charge in [-0.2, -0.15) is 0 Å².